The van der Waals surface area contributed by atoms with Gasteiger partial charge < -0.3 is 9.80 Å². The van der Waals surface area contributed by atoms with Crippen LogP contribution in [0.2, 0.25) is 0 Å². The molecule has 36 heavy (non-hydrogen) atoms. The molecule has 3 aromatic rings. The lowest BCUT2D eigenvalue weighted by atomic mass is 9.92. The summed E-state index contributed by atoms with van der Waals surface area (Å²) in [5, 5.41) is 6.08. The molecule has 4 heterocycles. The number of amides is 2. The third-order valence-corrected chi connectivity index (χ3v) is 8.89. The number of piperidine rings is 1. The molecule has 2 unspecified atom stereocenters. The van der Waals surface area contributed by atoms with Gasteiger partial charge in [0.1, 0.15) is 5.01 Å². The molecule has 0 aliphatic carbocycles. The van der Waals surface area contributed by atoms with E-state index in [2.05, 4.69) is 20.9 Å². The van der Waals surface area contributed by atoms with E-state index in [4.69, 9.17) is 0 Å². The summed E-state index contributed by atoms with van der Waals surface area (Å²) in [5.41, 5.74) is 2.75. The molecule has 0 radical (unpaired) electrons. The third-order valence-electron chi connectivity index (χ3n) is 7.31. The summed E-state index contributed by atoms with van der Waals surface area (Å²) in [4.78, 5) is 42.1. The summed E-state index contributed by atoms with van der Waals surface area (Å²) in [6, 6.07) is 8.64. The van der Waals surface area contributed by atoms with Crippen LogP contribution < -0.4 is 4.90 Å². The van der Waals surface area contributed by atoms with Crippen LogP contribution in [0.15, 0.2) is 41.2 Å². The number of thiazole rings is 2. The summed E-state index contributed by atoms with van der Waals surface area (Å²) in [5.74, 6) is 0.122. The van der Waals surface area contributed by atoms with Crippen LogP contribution >= 0.6 is 22.7 Å². The van der Waals surface area contributed by atoms with Crippen molar-refractivity contribution >= 4 is 40.2 Å². The molecule has 9 heteroatoms. The van der Waals surface area contributed by atoms with Gasteiger partial charge in [-0.15, -0.1) is 22.7 Å². The molecule has 1 fully saturated rings. The molecule has 2 bridgehead atoms. The molecule has 2 atom stereocenters. The van der Waals surface area contributed by atoms with Crippen molar-refractivity contribution in [3.05, 3.63) is 62.5 Å². The first-order valence-corrected chi connectivity index (χ1v) is 14.4. The minimum absolute atomic E-state index is 0.0383. The van der Waals surface area contributed by atoms with E-state index < -0.39 is 0 Å². The highest BCUT2D eigenvalue weighted by atomic mass is 32.1. The number of anilines is 1. The van der Waals surface area contributed by atoms with E-state index in [-0.39, 0.29) is 17.9 Å². The average Bonchev–Trinajstić information content (AvgIpc) is 3.52. The van der Waals surface area contributed by atoms with Crippen molar-refractivity contribution in [1.29, 1.82) is 0 Å². The van der Waals surface area contributed by atoms with E-state index >= 15 is 0 Å². The quantitative estimate of drug-likeness (QED) is 0.498. The van der Waals surface area contributed by atoms with Gasteiger partial charge in [-0.2, -0.15) is 0 Å². The molecule has 1 saturated heterocycles. The average molecular weight is 524 g/mol. The largest absolute Gasteiger partial charge is 0.336 e. The second kappa shape index (κ2) is 11.2. The minimum Gasteiger partial charge on any atom is -0.336 e. The Bertz CT molecular complexity index is 1190. The first kappa shape index (κ1) is 25.0. The number of rotatable bonds is 4. The van der Waals surface area contributed by atoms with Crippen molar-refractivity contribution in [2.45, 2.75) is 71.1 Å². The van der Waals surface area contributed by atoms with Crippen molar-refractivity contribution in [2.24, 2.45) is 0 Å². The molecule has 2 amide bonds. The molecule has 1 aromatic carbocycles. The zero-order valence-corrected chi connectivity index (χ0v) is 22.6. The SMILES string of the molecule is CC(=O)N1CCC2CCCC(CN(C(=O)Cc3csc(C)n3)Cc3ccccc31)N2Cc1nccs1. The van der Waals surface area contributed by atoms with Crippen LogP contribution in [0, 0.1) is 6.92 Å². The van der Waals surface area contributed by atoms with E-state index in [0.717, 1.165) is 59.2 Å². The summed E-state index contributed by atoms with van der Waals surface area (Å²) in [7, 11) is 0. The van der Waals surface area contributed by atoms with E-state index in [0.29, 0.717) is 32.1 Å². The first-order chi connectivity index (χ1) is 17.5. The van der Waals surface area contributed by atoms with Gasteiger partial charge in [-0.1, -0.05) is 24.6 Å². The van der Waals surface area contributed by atoms with Crippen LogP contribution in [0.3, 0.4) is 0 Å². The molecule has 7 nitrogen and oxygen atoms in total. The van der Waals surface area contributed by atoms with Crippen LogP contribution in [0.25, 0.3) is 0 Å². The molecule has 2 aliphatic heterocycles. The van der Waals surface area contributed by atoms with Crippen molar-refractivity contribution in [3.63, 3.8) is 0 Å². The lowest BCUT2D eigenvalue weighted by Crippen LogP contribution is -2.52. The first-order valence-electron chi connectivity index (χ1n) is 12.7. The molecule has 0 saturated carbocycles. The summed E-state index contributed by atoms with van der Waals surface area (Å²) >= 11 is 3.26. The second-order valence-electron chi connectivity index (χ2n) is 9.73. The molecular formula is C27H33N5O2S2. The normalized spacial score (nSPS) is 21.1. The highest BCUT2D eigenvalue weighted by molar-refractivity contribution is 7.09. The Morgan fingerprint density at radius 3 is 2.69 bits per heavy atom. The molecular weight excluding hydrogens is 490 g/mol. The predicted octanol–water partition coefficient (Wildman–Crippen LogP) is 4.66. The molecule has 190 valence electrons. The summed E-state index contributed by atoms with van der Waals surface area (Å²) in [6.45, 7) is 6.21. The van der Waals surface area contributed by atoms with Crippen LogP contribution in [-0.4, -0.2) is 56.8 Å². The van der Waals surface area contributed by atoms with Crippen molar-refractivity contribution < 1.29 is 9.59 Å². The van der Waals surface area contributed by atoms with E-state index in [1.54, 1.807) is 29.6 Å². The Morgan fingerprint density at radius 1 is 1.11 bits per heavy atom. The fourth-order valence-electron chi connectivity index (χ4n) is 5.57. The Morgan fingerprint density at radius 2 is 1.94 bits per heavy atom. The Labute approximate surface area is 220 Å². The highest BCUT2D eigenvalue weighted by Gasteiger charge is 2.35. The van der Waals surface area contributed by atoms with Gasteiger partial charge in [-0.3, -0.25) is 14.5 Å². The number of aryl methyl sites for hydroxylation is 1. The fraction of sp³-hybridized carbons (Fsp3) is 0.481. The highest BCUT2D eigenvalue weighted by Crippen LogP contribution is 2.32. The maximum atomic E-state index is 13.7. The molecule has 0 N–H and O–H groups in total. The van der Waals surface area contributed by atoms with Gasteiger partial charge in [-0.05, 0) is 37.8 Å². The second-order valence-corrected chi connectivity index (χ2v) is 11.8. The lowest BCUT2D eigenvalue weighted by Gasteiger charge is -2.43. The number of hydrogen-bond acceptors (Lipinski definition) is 7. The maximum absolute atomic E-state index is 13.7. The minimum atomic E-state index is 0.0383. The van der Waals surface area contributed by atoms with Gasteiger partial charge in [0.2, 0.25) is 11.8 Å². The van der Waals surface area contributed by atoms with Crippen molar-refractivity contribution in [1.82, 2.24) is 19.8 Å². The number of fused-ring (bicyclic) bond motifs is 3. The van der Waals surface area contributed by atoms with Crippen molar-refractivity contribution in [2.75, 3.05) is 18.0 Å². The van der Waals surface area contributed by atoms with Gasteiger partial charge in [-0.25, -0.2) is 9.97 Å². The zero-order chi connectivity index (χ0) is 25.1. The molecule has 0 spiro atoms. The molecule has 5 rings (SSSR count). The van der Waals surface area contributed by atoms with Gasteiger partial charge in [0.25, 0.3) is 0 Å². The standard InChI is InChI=1S/C27H33N5O2S2/c1-19-29-22(18-36-19)14-27(34)30-15-21-6-3-4-9-25(21)31(20(2)33)12-10-23-7-5-8-24(16-30)32(23)17-26-28-11-13-35-26/h3-4,6,9,11,13,18,23-24H,5,7-8,10,12,14-17H2,1-2H3. The zero-order valence-electron chi connectivity index (χ0n) is 20.9. The Hall–Kier alpha value is -2.62. The van der Waals surface area contributed by atoms with Crippen LogP contribution in [0.4, 0.5) is 5.69 Å². The number of nitrogens with zero attached hydrogens (tertiary/aromatic N) is 5. The maximum Gasteiger partial charge on any atom is 0.228 e. The third kappa shape index (κ3) is 5.68. The van der Waals surface area contributed by atoms with Crippen LogP contribution in [0.1, 0.15) is 53.9 Å². The summed E-state index contributed by atoms with van der Waals surface area (Å²) in [6.07, 6.45) is 6.35. The number of carbonyl (C=O) groups excluding carboxylic acids is 2. The monoisotopic (exact) mass is 523 g/mol. The van der Waals surface area contributed by atoms with E-state index in [9.17, 15) is 9.59 Å². The molecule has 2 aromatic heterocycles. The molecule has 2 aliphatic rings. The number of benzene rings is 1. The Kier molecular flexibility index (Phi) is 7.79. The number of hydrogen-bond donors (Lipinski definition) is 0. The van der Waals surface area contributed by atoms with Gasteiger partial charge in [0.15, 0.2) is 0 Å². The van der Waals surface area contributed by atoms with Gasteiger partial charge in [0.05, 0.1) is 23.7 Å². The topological polar surface area (TPSA) is 69.6 Å². The van der Waals surface area contributed by atoms with Gasteiger partial charge in [0, 0.05) is 61.3 Å². The fourth-order valence-corrected chi connectivity index (χ4v) is 6.81. The van der Waals surface area contributed by atoms with Crippen LogP contribution in [-0.2, 0) is 29.1 Å². The number of aromatic nitrogens is 2. The number of para-hydroxylation sites is 1. The smallest absolute Gasteiger partial charge is 0.228 e. The van der Waals surface area contributed by atoms with Gasteiger partial charge >= 0.3 is 0 Å². The predicted molar refractivity (Wildman–Crippen MR) is 144 cm³/mol. The van der Waals surface area contributed by atoms with E-state index in [1.165, 1.54) is 0 Å². The van der Waals surface area contributed by atoms with E-state index in [1.807, 2.05) is 51.9 Å². The van der Waals surface area contributed by atoms with Crippen LogP contribution in [0.5, 0.6) is 0 Å². The van der Waals surface area contributed by atoms with Crippen molar-refractivity contribution in [3.8, 4) is 0 Å². The number of carbonyl (C=O) groups is 2. The summed E-state index contributed by atoms with van der Waals surface area (Å²) < 4.78 is 0. The lowest BCUT2D eigenvalue weighted by molar-refractivity contribution is -0.132. The Balaban J connectivity index is 1.51.